The number of aromatic nitrogens is 1. The van der Waals surface area contributed by atoms with Gasteiger partial charge in [-0.25, -0.2) is 0 Å². The highest BCUT2D eigenvalue weighted by atomic mass is 16.5. The first kappa shape index (κ1) is 23.8. The second-order valence-corrected chi connectivity index (χ2v) is 12.0. The summed E-state index contributed by atoms with van der Waals surface area (Å²) in [6, 6.07) is 15.1. The summed E-state index contributed by atoms with van der Waals surface area (Å²) in [5.74, 6) is 2.25. The molecule has 6 heteroatoms. The summed E-state index contributed by atoms with van der Waals surface area (Å²) in [4.78, 5) is 22.3. The van der Waals surface area contributed by atoms with Crippen molar-refractivity contribution in [2.75, 3.05) is 20.7 Å². The smallest absolute Gasteiger partial charge is 0.271 e. The van der Waals surface area contributed by atoms with Gasteiger partial charge in [-0.15, -0.1) is 0 Å². The largest absolute Gasteiger partial charge is 0.493 e. The highest BCUT2D eigenvalue weighted by Gasteiger charge is 2.65. The van der Waals surface area contributed by atoms with Gasteiger partial charge in [-0.3, -0.25) is 4.79 Å². The number of amides is 1. The molecule has 6 nitrogen and oxygen atoms in total. The number of fused-ring (bicyclic) bond motifs is 2. The van der Waals surface area contributed by atoms with E-state index in [0.717, 1.165) is 54.1 Å². The number of rotatable bonds is 5. The third-order valence-electron chi connectivity index (χ3n) is 9.99. The summed E-state index contributed by atoms with van der Waals surface area (Å²) >= 11 is 0. The summed E-state index contributed by atoms with van der Waals surface area (Å²) in [7, 11) is 4.00. The summed E-state index contributed by atoms with van der Waals surface area (Å²) in [6.45, 7) is 7.95. The lowest BCUT2D eigenvalue weighted by atomic mass is 9.51. The highest BCUT2D eigenvalue weighted by molar-refractivity contribution is 5.95. The predicted octanol–water partition coefficient (Wildman–Crippen LogP) is 5.19. The maximum atomic E-state index is 14.1. The summed E-state index contributed by atoms with van der Waals surface area (Å²) in [5, 5.41) is 0. The van der Waals surface area contributed by atoms with Gasteiger partial charge in [0.15, 0.2) is 11.5 Å². The molecule has 3 aromatic rings. The van der Waals surface area contributed by atoms with Crippen LogP contribution in [0.2, 0.25) is 0 Å². The quantitative estimate of drug-likeness (QED) is 0.513. The molecule has 198 valence electrons. The van der Waals surface area contributed by atoms with Crippen LogP contribution in [-0.4, -0.2) is 53.5 Å². The van der Waals surface area contributed by atoms with Gasteiger partial charge >= 0.3 is 0 Å². The topological polar surface area (TPSA) is 57.8 Å². The number of nitrogens with zero attached hydrogens (tertiary/aromatic N) is 2. The molecule has 4 atom stereocenters. The van der Waals surface area contributed by atoms with Gasteiger partial charge in [0, 0.05) is 29.6 Å². The van der Waals surface area contributed by atoms with Crippen molar-refractivity contribution >= 4 is 5.91 Å². The number of carbonyl (C=O) groups is 1. The number of benzene rings is 2. The van der Waals surface area contributed by atoms with Crippen molar-refractivity contribution < 1.29 is 14.3 Å². The number of methoxy groups -OCH3 is 1. The van der Waals surface area contributed by atoms with E-state index >= 15 is 0 Å². The van der Waals surface area contributed by atoms with Gasteiger partial charge in [0.1, 0.15) is 11.8 Å². The van der Waals surface area contributed by atoms with E-state index in [1.165, 1.54) is 16.7 Å². The van der Waals surface area contributed by atoms with Crippen molar-refractivity contribution in [3.63, 3.8) is 0 Å². The molecule has 2 bridgehead atoms. The predicted molar refractivity (Wildman–Crippen MR) is 147 cm³/mol. The Balaban J connectivity index is 1.34. The van der Waals surface area contributed by atoms with E-state index in [-0.39, 0.29) is 23.5 Å². The second-order valence-electron chi connectivity index (χ2n) is 12.0. The van der Waals surface area contributed by atoms with Gasteiger partial charge in [-0.1, -0.05) is 36.4 Å². The molecule has 0 saturated carbocycles. The summed E-state index contributed by atoms with van der Waals surface area (Å²) in [5.41, 5.74) is 7.99. The zero-order chi connectivity index (χ0) is 26.3. The number of ether oxygens (including phenoxy) is 2. The molecule has 2 aromatic carbocycles. The van der Waals surface area contributed by atoms with Crippen molar-refractivity contribution in [1.82, 2.24) is 14.8 Å². The fourth-order valence-corrected chi connectivity index (χ4v) is 8.06. The third kappa shape index (κ3) is 3.07. The molecule has 4 aliphatic rings. The minimum absolute atomic E-state index is 0.0603. The Morgan fingerprint density at radius 2 is 2.00 bits per heavy atom. The van der Waals surface area contributed by atoms with E-state index in [9.17, 15) is 4.79 Å². The number of likely N-dealkylation sites (tertiary alicyclic amines) is 1. The molecular formula is C32H37N3O3. The lowest BCUT2D eigenvalue weighted by molar-refractivity contribution is -0.0256. The van der Waals surface area contributed by atoms with Crippen LogP contribution in [0.5, 0.6) is 11.5 Å². The van der Waals surface area contributed by atoms with Gasteiger partial charge in [-0.05, 0) is 87.9 Å². The molecular weight excluding hydrogens is 474 g/mol. The minimum Gasteiger partial charge on any atom is -0.493 e. The molecule has 7 rings (SSSR count). The molecule has 3 heterocycles. The molecule has 0 radical (unpaired) electrons. The van der Waals surface area contributed by atoms with Crippen LogP contribution in [0.25, 0.3) is 0 Å². The highest BCUT2D eigenvalue weighted by Crippen LogP contribution is 2.67. The number of likely N-dealkylation sites (N-methyl/N-ethyl adjacent to an activating group) is 1. The van der Waals surface area contributed by atoms with Crippen LogP contribution in [0.4, 0.5) is 0 Å². The number of piperidine rings is 1. The molecule has 2 aliphatic carbocycles. The summed E-state index contributed by atoms with van der Waals surface area (Å²) < 4.78 is 12.7. The molecule has 1 N–H and O–H groups in total. The molecule has 38 heavy (non-hydrogen) atoms. The fraction of sp³-hybridized carbons (Fsp3) is 0.469. The Kier molecular flexibility index (Phi) is 5.25. The Morgan fingerprint density at radius 3 is 2.74 bits per heavy atom. The first-order chi connectivity index (χ1) is 18.3. The van der Waals surface area contributed by atoms with Gasteiger partial charge in [-0.2, -0.15) is 0 Å². The van der Waals surface area contributed by atoms with Crippen molar-refractivity contribution in [3.8, 4) is 11.5 Å². The van der Waals surface area contributed by atoms with E-state index in [2.05, 4.69) is 62.0 Å². The van der Waals surface area contributed by atoms with E-state index < -0.39 is 0 Å². The lowest BCUT2D eigenvalue weighted by Crippen LogP contribution is -2.62. The van der Waals surface area contributed by atoms with Crippen molar-refractivity contribution in [2.24, 2.45) is 5.92 Å². The third-order valence-corrected chi connectivity index (χ3v) is 9.99. The molecule has 0 unspecified atom stereocenters. The molecule has 1 amide bonds. The SMILES string of the molecule is COc1ccc2c3c1O[C@H]1c4[nH]c(C(=O)N(Cc5ccccc5)C(C)C)c(C)c4C[C@H]4[C@@H](C2)N(C)CC[C@]314. The second kappa shape index (κ2) is 8.37. The number of H-pyrrole nitrogens is 1. The van der Waals surface area contributed by atoms with Crippen LogP contribution in [0.3, 0.4) is 0 Å². The van der Waals surface area contributed by atoms with Crippen molar-refractivity contribution in [1.29, 1.82) is 0 Å². The standard InChI is InChI=1S/C32H37N3O3/c1-18(2)35(17-20-9-7-6-8-10-20)31(36)27-19(3)22-16-23-24-15-21-11-12-25(37-5)29-26(21)32(23,13-14-34(24)4)30(38-29)28(22)33-27/h6-12,18,23-24,30,33H,13-17H2,1-5H3/t23-,24+,30-,32-/m0/s1. The maximum absolute atomic E-state index is 14.1. The number of hydrogen-bond donors (Lipinski definition) is 1. The number of aromatic amines is 1. The first-order valence-corrected chi connectivity index (χ1v) is 14.0. The lowest BCUT2D eigenvalue weighted by Gasteiger charge is -2.57. The van der Waals surface area contributed by atoms with E-state index in [1.54, 1.807) is 7.11 Å². The Hall–Kier alpha value is -3.25. The van der Waals surface area contributed by atoms with Crippen LogP contribution >= 0.6 is 0 Å². The van der Waals surface area contributed by atoms with Crippen LogP contribution in [0.1, 0.15) is 70.4 Å². The molecule has 1 spiro atoms. The van der Waals surface area contributed by atoms with Gasteiger partial charge in [0.25, 0.3) is 5.91 Å². The Labute approximate surface area is 224 Å². The van der Waals surface area contributed by atoms with Gasteiger partial charge in [0.05, 0.1) is 12.8 Å². The normalized spacial score (nSPS) is 26.5. The molecule has 1 fully saturated rings. The Bertz CT molecular complexity index is 1430. The molecule has 2 aliphatic heterocycles. The summed E-state index contributed by atoms with van der Waals surface area (Å²) in [6.07, 6.45) is 2.93. The zero-order valence-corrected chi connectivity index (χ0v) is 23.0. The average molecular weight is 512 g/mol. The number of nitrogens with one attached hydrogen (secondary N) is 1. The first-order valence-electron chi connectivity index (χ1n) is 14.0. The number of hydrogen-bond acceptors (Lipinski definition) is 4. The zero-order valence-electron chi connectivity index (χ0n) is 23.0. The van der Waals surface area contributed by atoms with Crippen LogP contribution in [-0.2, 0) is 24.8 Å². The fourth-order valence-electron chi connectivity index (χ4n) is 8.06. The maximum Gasteiger partial charge on any atom is 0.271 e. The van der Waals surface area contributed by atoms with Crippen LogP contribution in [0, 0.1) is 12.8 Å². The van der Waals surface area contributed by atoms with Crippen LogP contribution in [0.15, 0.2) is 42.5 Å². The van der Waals surface area contributed by atoms with Crippen LogP contribution < -0.4 is 9.47 Å². The van der Waals surface area contributed by atoms with E-state index in [0.29, 0.717) is 24.2 Å². The monoisotopic (exact) mass is 511 g/mol. The van der Waals surface area contributed by atoms with Crippen molar-refractivity contribution in [3.05, 3.63) is 81.7 Å². The Morgan fingerprint density at radius 1 is 1.21 bits per heavy atom. The average Bonchev–Trinajstić information content (AvgIpc) is 3.44. The van der Waals surface area contributed by atoms with E-state index in [1.807, 2.05) is 23.1 Å². The molecule has 1 aromatic heterocycles. The van der Waals surface area contributed by atoms with Gasteiger partial charge < -0.3 is 24.3 Å². The number of carbonyl (C=O) groups excluding carboxylic acids is 1. The van der Waals surface area contributed by atoms with Gasteiger partial charge in [0.2, 0.25) is 0 Å². The van der Waals surface area contributed by atoms with Crippen molar-refractivity contribution in [2.45, 2.75) is 70.2 Å². The van der Waals surface area contributed by atoms with E-state index in [4.69, 9.17) is 9.47 Å². The minimum atomic E-state index is -0.125. The molecule has 1 saturated heterocycles.